The zero-order chi connectivity index (χ0) is 14.0. The lowest BCUT2D eigenvalue weighted by Crippen LogP contribution is -2.23. The number of hydrogen-bond acceptors (Lipinski definition) is 1. The van der Waals surface area contributed by atoms with Crippen LogP contribution in [0.5, 0.6) is 0 Å². The van der Waals surface area contributed by atoms with Gasteiger partial charge in [0.05, 0.1) is 5.69 Å². The number of halogens is 2. The second kappa shape index (κ2) is 6.06. The molecule has 0 aliphatic heterocycles. The van der Waals surface area contributed by atoms with Crippen LogP contribution < -0.4 is 5.56 Å². The van der Waals surface area contributed by atoms with E-state index in [4.69, 9.17) is 0 Å². The minimum Gasteiger partial charge on any atom is -0.284 e. The molecule has 0 aliphatic carbocycles. The Balaban J connectivity index is 2.63. The SMILES string of the molecule is Cc1ccc(-n2ccc(Br)c(CCBr)c2=O)c(C)c1. The average Bonchev–Trinajstić information content (AvgIpc) is 2.36. The molecule has 1 aromatic carbocycles. The largest absolute Gasteiger partial charge is 0.284 e. The minimum atomic E-state index is 0.0424. The Morgan fingerprint density at radius 2 is 1.95 bits per heavy atom. The molecule has 0 spiro atoms. The quantitative estimate of drug-likeness (QED) is 0.728. The number of aromatic nitrogens is 1. The summed E-state index contributed by atoms with van der Waals surface area (Å²) in [5, 5.41) is 0.776. The van der Waals surface area contributed by atoms with Crippen LogP contribution in [0.4, 0.5) is 0 Å². The number of alkyl halides is 1. The first-order valence-electron chi connectivity index (χ1n) is 6.08. The van der Waals surface area contributed by atoms with E-state index in [1.807, 2.05) is 31.3 Å². The lowest BCUT2D eigenvalue weighted by molar-refractivity contribution is 0.928. The molecule has 0 aliphatic rings. The molecule has 1 heterocycles. The van der Waals surface area contributed by atoms with Gasteiger partial charge in [0.15, 0.2) is 0 Å². The Bertz CT molecular complexity index is 662. The second-order valence-electron chi connectivity index (χ2n) is 4.55. The maximum Gasteiger partial charge on any atom is 0.259 e. The molecule has 1 aromatic heterocycles. The van der Waals surface area contributed by atoms with E-state index >= 15 is 0 Å². The normalized spacial score (nSPS) is 10.7. The summed E-state index contributed by atoms with van der Waals surface area (Å²) in [5.74, 6) is 0. The monoisotopic (exact) mass is 383 g/mol. The number of rotatable bonds is 3. The molecule has 100 valence electrons. The molecule has 4 heteroatoms. The first-order chi connectivity index (χ1) is 9.04. The van der Waals surface area contributed by atoms with E-state index in [0.29, 0.717) is 6.42 Å². The van der Waals surface area contributed by atoms with Crippen LogP contribution in [0.25, 0.3) is 5.69 Å². The van der Waals surface area contributed by atoms with Crippen LogP contribution in [0.3, 0.4) is 0 Å². The minimum absolute atomic E-state index is 0.0424. The Morgan fingerprint density at radius 3 is 2.58 bits per heavy atom. The van der Waals surface area contributed by atoms with Crippen LogP contribution in [0.15, 0.2) is 39.7 Å². The molecule has 0 saturated carbocycles. The average molecular weight is 385 g/mol. The van der Waals surface area contributed by atoms with Crippen LogP contribution >= 0.6 is 31.9 Å². The molecule has 0 bridgehead atoms. The Kier molecular flexibility index (Phi) is 4.63. The van der Waals surface area contributed by atoms with Crippen LogP contribution in [-0.2, 0) is 6.42 Å². The van der Waals surface area contributed by atoms with Crippen LogP contribution in [0.2, 0.25) is 0 Å². The van der Waals surface area contributed by atoms with E-state index in [0.717, 1.165) is 26.6 Å². The zero-order valence-electron chi connectivity index (χ0n) is 10.9. The van der Waals surface area contributed by atoms with Gasteiger partial charge in [-0.05, 0) is 38.0 Å². The predicted molar refractivity (Wildman–Crippen MR) is 86.7 cm³/mol. The third kappa shape index (κ3) is 3.00. The topological polar surface area (TPSA) is 22.0 Å². The van der Waals surface area contributed by atoms with Gasteiger partial charge in [-0.15, -0.1) is 0 Å². The molecule has 19 heavy (non-hydrogen) atoms. The summed E-state index contributed by atoms with van der Waals surface area (Å²) in [6.07, 6.45) is 2.53. The highest BCUT2D eigenvalue weighted by molar-refractivity contribution is 9.10. The lowest BCUT2D eigenvalue weighted by atomic mass is 10.1. The molecule has 0 atom stereocenters. The molecule has 0 radical (unpaired) electrons. The van der Waals surface area contributed by atoms with Gasteiger partial charge in [-0.3, -0.25) is 9.36 Å². The van der Waals surface area contributed by atoms with Gasteiger partial charge in [0, 0.05) is 21.6 Å². The smallest absolute Gasteiger partial charge is 0.259 e. The maximum absolute atomic E-state index is 12.5. The Hall–Kier alpha value is -0.870. The van der Waals surface area contributed by atoms with E-state index in [1.54, 1.807) is 4.57 Å². The fraction of sp³-hybridized carbons (Fsp3) is 0.267. The summed E-state index contributed by atoms with van der Waals surface area (Å²) in [7, 11) is 0. The Morgan fingerprint density at radius 1 is 1.21 bits per heavy atom. The van der Waals surface area contributed by atoms with E-state index in [-0.39, 0.29) is 5.56 Å². The van der Waals surface area contributed by atoms with E-state index in [1.165, 1.54) is 5.56 Å². The maximum atomic E-state index is 12.5. The molecule has 0 amide bonds. The van der Waals surface area contributed by atoms with Crippen molar-refractivity contribution in [3.63, 3.8) is 0 Å². The van der Waals surface area contributed by atoms with Crippen molar-refractivity contribution in [3.05, 3.63) is 62.0 Å². The van der Waals surface area contributed by atoms with Crippen molar-refractivity contribution in [1.82, 2.24) is 4.57 Å². The summed E-state index contributed by atoms with van der Waals surface area (Å²) >= 11 is 6.84. The molecule has 0 saturated heterocycles. The molecular formula is C15H15Br2NO. The third-order valence-electron chi connectivity index (χ3n) is 3.09. The van der Waals surface area contributed by atoms with Gasteiger partial charge in [0.2, 0.25) is 0 Å². The van der Waals surface area contributed by atoms with Crippen molar-refractivity contribution in [2.75, 3.05) is 5.33 Å². The number of hydrogen-bond donors (Lipinski definition) is 0. The molecule has 2 rings (SSSR count). The van der Waals surface area contributed by atoms with E-state index in [2.05, 4.69) is 44.8 Å². The van der Waals surface area contributed by atoms with E-state index in [9.17, 15) is 4.79 Å². The molecule has 0 unspecified atom stereocenters. The van der Waals surface area contributed by atoms with Gasteiger partial charge < -0.3 is 0 Å². The van der Waals surface area contributed by atoms with Gasteiger partial charge in [-0.25, -0.2) is 0 Å². The highest BCUT2D eigenvalue weighted by atomic mass is 79.9. The molecular weight excluding hydrogens is 370 g/mol. The van der Waals surface area contributed by atoms with Crippen molar-refractivity contribution in [2.24, 2.45) is 0 Å². The number of pyridine rings is 1. The fourth-order valence-electron chi connectivity index (χ4n) is 2.14. The first kappa shape index (κ1) is 14.5. The summed E-state index contributed by atoms with van der Waals surface area (Å²) in [6, 6.07) is 8.05. The van der Waals surface area contributed by atoms with Gasteiger partial charge in [-0.2, -0.15) is 0 Å². The molecule has 0 N–H and O–H groups in total. The van der Waals surface area contributed by atoms with Gasteiger partial charge in [0.1, 0.15) is 0 Å². The van der Waals surface area contributed by atoms with Crippen molar-refractivity contribution >= 4 is 31.9 Å². The zero-order valence-corrected chi connectivity index (χ0v) is 14.1. The first-order valence-corrected chi connectivity index (χ1v) is 7.99. The highest BCUT2D eigenvalue weighted by Gasteiger charge is 2.10. The standard InChI is InChI=1S/C15H15Br2NO/c1-10-3-4-14(11(2)9-10)18-8-6-13(17)12(5-7-16)15(18)19/h3-4,6,8-9H,5,7H2,1-2H3. The summed E-state index contributed by atoms with van der Waals surface area (Å²) in [6.45, 7) is 4.08. The molecule has 2 nitrogen and oxygen atoms in total. The second-order valence-corrected chi connectivity index (χ2v) is 6.19. The predicted octanol–water partition coefficient (Wildman–Crippen LogP) is 4.15. The summed E-state index contributed by atoms with van der Waals surface area (Å²) in [5.41, 5.74) is 4.10. The van der Waals surface area contributed by atoms with Crippen molar-refractivity contribution in [2.45, 2.75) is 20.3 Å². The van der Waals surface area contributed by atoms with Crippen LogP contribution in [0, 0.1) is 13.8 Å². The Labute approximate surface area is 129 Å². The fourth-order valence-corrected chi connectivity index (χ4v) is 3.02. The summed E-state index contributed by atoms with van der Waals surface area (Å²) < 4.78 is 2.59. The summed E-state index contributed by atoms with van der Waals surface area (Å²) in [4.78, 5) is 12.5. The van der Waals surface area contributed by atoms with Crippen LogP contribution in [-0.4, -0.2) is 9.90 Å². The van der Waals surface area contributed by atoms with Gasteiger partial charge in [0.25, 0.3) is 5.56 Å². The highest BCUT2D eigenvalue weighted by Crippen LogP contribution is 2.18. The number of nitrogens with zero attached hydrogens (tertiary/aromatic N) is 1. The van der Waals surface area contributed by atoms with Crippen molar-refractivity contribution < 1.29 is 0 Å². The lowest BCUT2D eigenvalue weighted by Gasteiger charge is -2.12. The van der Waals surface area contributed by atoms with Crippen molar-refractivity contribution in [3.8, 4) is 5.69 Å². The van der Waals surface area contributed by atoms with Gasteiger partial charge in [-0.1, -0.05) is 49.6 Å². The molecule has 0 fully saturated rings. The van der Waals surface area contributed by atoms with Gasteiger partial charge >= 0.3 is 0 Å². The van der Waals surface area contributed by atoms with Crippen molar-refractivity contribution in [1.29, 1.82) is 0 Å². The number of aryl methyl sites for hydroxylation is 2. The third-order valence-corrected chi connectivity index (χ3v) is 4.23. The van der Waals surface area contributed by atoms with Crippen LogP contribution in [0.1, 0.15) is 16.7 Å². The van der Waals surface area contributed by atoms with E-state index < -0.39 is 0 Å². The number of benzene rings is 1. The molecule has 2 aromatic rings.